The quantitative estimate of drug-likeness (QED) is 0.754. The smallest absolute Gasteiger partial charge is 0.337 e. The maximum atomic E-state index is 12.0. The highest BCUT2D eigenvalue weighted by Gasteiger charge is 2.50. The molecule has 0 spiro atoms. The first-order valence-corrected chi connectivity index (χ1v) is 5.73. The van der Waals surface area contributed by atoms with Gasteiger partial charge < -0.3 is 14.2 Å². The number of benzene rings is 1. The minimum absolute atomic E-state index is 0.0491. The summed E-state index contributed by atoms with van der Waals surface area (Å²) < 4.78 is 23.4. The van der Waals surface area contributed by atoms with Crippen LogP contribution in [0.15, 0.2) is 35.4 Å². The number of hydrogen-bond acceptors (Lipinski definition) is 5. The van der Waals surface area contributed by atoms with Gasteiger partial charge in [0.1, 0.15) is 12.2 Å². The fourth-order valence-corrected chi connectivity index (χ4v) is 2.46. The summed E-state index contributed by atoms with van der Waals surface area (Å²) in [5, 5.41) is 0. The van der Waals surface area contributed by atoms with Crippen molar-refractivity contribution in [3.05, 3.63) is 46.5 Å². The molecule has 0 saturated heterocycles. The van der Waals surface area contributed by atoms with E-state index in [1.165, 1.54) is 14.2 Å². The minimum Gasteiger partial charge on any atom is -0.466 e. The zero-order chi connectivity index (χ0) is 14.5. The van der Waals surface area contributed by atoms with E-state index >= 15 is 0 Å². The average Bonchev–Trinajstić information content (AvgIpc) is 2.95. The highest BCUT2D eigenvalue weighted by molar-refractivity contribution is 6.04. The maximum Gasteiger partial charge on any atom is 0.337 e. The van der Waals surface area contributed by atoms with E-state index in [0.29, 0.717) is 11.1 Å². The summed E-state index contributed by atoms with van der Waals surface area (Å²) in [4.78, 5) is 23.9. The summed E-state index contributed by atoms with van der Waals surface area (Å²) in [6.07, 6.45) is -2.47. The second kappa shape index (κ2) is 4.20. The van der Waals surface area contributed by atoms with E-state index in [1.807, 2.05) is 0 Å². The summed E-state index contributed by atoms with van der Waals surface area (Å²) in [5.41, 5.74) is 1.21. The van der Waals surface area contributed by atoms with Gasteiger partial charge in [-0.2, -0.15) is 0 Å². The van der Waals surface area contributed by atoms with Crippen molar-refractivity contribution < 1.29 is 25.2 Å². The van der Waals surface area contributed by atoms with Crippen LogP contribution < -0.4 is 0 Å². The van der Waals surface area contributed by atoms with Crippen molar-refractivity contribution in [3.8, 4) is 0 Å². The molecule has 0 aliphatic carbocycles. The van der Waals surface area contributed by atoms with Gasteiger partial charge in [-0.1, -0.05) is 24.3 Å². The first kappa shape index (κ1) is 10.8. The van der Waals surface area contributed by atoms with E-state index in [0.717, 1.165) is 0 Å². The molecule has 2 bridgehead atoms. The van der Waals surface area contributed by atoms with Gasteiger partial charge in [0.2, 0.25) is 0 Å². The van der Waals surface area contributed by atoms with Crippen molar-refractivity contribution in [2.45, 2.75) is 12.2 Å². The van der Waals surface area contributed by atoms with E-state index in [-0.39, 0.29) is 11.1 Å². The Morgan fingerprint density at radius 2 is 1.68 bits per heavy atom. The van der Waals surface area contributed by atoms with Crippen LogP contribution in [0, 0.1) is 0 Å². The highest BCUT2D eigenvalue weighted by atomic mass is 16.5. The predicted molar refractivity (Wildman–Crippen MR) is 64.1 cm³/mol. The Labute approximate surface area is 111 Å². The second-order valence-electron chi connectivity index (χ2n) is 4.19. The largest absolute Gasteiger partial charge is 0.466 e. The van der Waals surface area contributed by atoms with Gasteiger partial charge in [0.15, 0.2) is 0 Å². The third-order valence-corrected chi connectivity index (χ3v) is 3.28. The third kappa shape index (κ3) is 1.51. The molecule has 0 fully saturated rings. The van der Waals surface area contributed by atoms with Crippen molar-refractivity contribution in [2.75, 3.05) is 14.2 Å². The van der Waals surface area contributed by atoms with Crippen molar-refractivity contribution >= 4 is 11.9 Å². The second-order valence-corrected chi connectivity index (χ2v) is 4.19. The van der Waals surface area contributed by atoms with Gasteiger partial charge in [-0.05, 0) is 11.1 Å². The molecule has 2 atom stereocenters. The van der Waals surface area contributed by atoms with Crippen LogP contribution in [0.5, 0.6) is 0 Å². The average molecular weight is 261 g/mol. The Kier molecular flexibility index (Phi) is 2.38. The number of hydrogen-bond donors (Lipinski definition) is 0. The normalized spacial score (nSPS) is 27.9. The minimum atomic E-state index is -1.71. The Bertz CT molecular complexity index is 651. The molecule has 1 aromatic rings. The molecule has 0 amide bonds. The summed E-state index contributed by atoms with van der Waals surface area (Å²) in [5.74, 6) is -1.43. The van der Waals surface area contributed by atoms with Crippen LogP contribution in [0.4, 0.5) is 0 Å². The van der Waals surface area contributed by atoms with E-state index in [1.54, 1.807) is 24.3 Å². The van der Waals surface area contributed by atoms with Gasteiger partial charge in [-0.15, -0.1) is 0 Å². The first-order valence-electron chi connectivity index (χ1n) is 6.23. The van der Waals surface area contributed by atoms with Gasteiger partial charge in [-0.25, -0.2) is 9.59 Å². The van der Waals surface area contributed by atoms with Gasteiger partial charge in [0.25, 0.3) is 0 Å². The first-order chi connectivity index (χ1) is 9.54. The molecule has 2 aliphatic rings. The molecule has 2 heterocycles. The van der Waals surface area contributed by atoms with Crippen LogP contribution in [0.25, 0.3) is 0 Å². The summed E-state index contributed by atoms with van der Waals surface area (Å²) in [7, 11) is 2.42. The molecule has 1 aromatic carbocycles. The molecule has 0 saturated carbocycles. The van der Waals surface area contributed by atoms with Gasteiger partial charge in [-0.3, -0.25) is 0 Å². The molecule has 2 unspecified atom stereocenters. The van der Waals surface area contributed by atoms with Gasteiger partial charge >= 0.3 is 11.9 Å². The number of esters is 2. The van der Waals surface area contributed by atoms with Gasteiger partial charge in [0, 0.05) is 0 Å². The lowest BCUT2D eigenvalue weighted by Gasteiger charge is -2.16. The van der Waals surface area contributed by atoms with Crippen LogP contribution >= 0.6 is 0 Å². The number of ether oxygens (including phenoxy) is 3. The number of methoxy groups -OCH3 is 2. The van der Waals surface area contributed by atoms with Crippen LogP contribution in [0.1, 0.15) is 24.7 Å². The maximum absolute atomic E-state index is 12.0. The SMILES string of the molecule is [2H]C12OC(C(C(=O)OC)=C1C(=O)OC)c1ccccc12. The Morgan fingerprint density at radius 1 is 1.11 bits per heavy atom. The van der Waals surface area contributed by atoms with Crippen molar-refractivity contribution in [3.63, 3.8) is 0 Å². The number of carbonyl (C=O) groups excluding carboxylic acids is 2. The van der Waals surface area contributed by atoms with Crippen LogP contribution in [0.2, 0.25) is 0 Å². The van der Waals surface area contributed by atoms with E-state index in [4.69, 9.17) is 10.8 Å². The lowest BCUT2D eigenvalue weighted by atomic mass is 9.86. The predicted octanol–water partition coefficient (Wildman–Crippen LogP) is 1.46. The van der Waals surface area contributed by atoms with Crippen molar-refractivity contribution in [1.82, 2.24) is 0 Å². The Morgan fingerprint density at radius 3 is 2.32 bits per heavy atom. The molecule has 0 N–H and O–H groups in total. The van der Waals surface area contributed by atoms with Crippen LogP contribution in [-0.2, 0) is 23.8 Å². The van der Waals surface area contributed by atoms with Crippen LogP contribution in [-0.4, -0.2) is 26.2 Å². The Balaban J connectivity index is 2.25. The zero-order valence-corrected chi connectivity index (χ0v) is 10.4. The monoisotopic (exact) mass is 261 g/mol. The molecule has 5 nitrogen and oxygen atoms in total. The third-order valence-electron chi connectivity index (χ3n) is 3.28. The summed E-state index contributed by atoms with van der Waals surface area (Å²) >= 11 is 0. The number of carbonyl (C=O) groups is 2. The topological polar surface area (TPSA) is 61.8 Å². The van der Waals surface area contributed by atoms with Crippen molar-refractivity contribution in [1.29, 1.82) is 0 Å². The molecule has 0 radical (unpaired) electrons. The Hall–Kier alpha value is -2.14. The molecular weight excluding hydrogens is 248 g/mol. The van der Waals surface area contributed by atoms with Crippen LogP contribution in [0.3, 0.4) is 0 Å². The molecule has 3 rings (SSSR count). The fourth-order valence-electron chi connectivity index (χ4n) is 2.46. The number of rotatable bonds is 2. The lowest BCUT2D eigenvalue weighted by Crippen LogP contribution is -2.19. The molecular formula is C14H12O5. The molecule has 5 heteroatoms. The summed E-state index contributed by atoms with van der Waals surface area (Å²) in [6, 6.07) is 7.03. The lowest BCUT2D eigenvalue weighted by molar-refractivity contribution is -0.139. The fraction of sp³-hybridized carbons (Fsp3) is 0.286. The van der Waals surface area contributed by atoms with E-state index in [9.17, 15) is 9.59 Å². The molecule has 19 heavy (non-hydrogen) atoms. The molecule has 2 aliphatic heterocycles. The highest BCUT2D eigenvalue weighted by Crippen LogP contribution is 2.54. The van der Waals surface area contributed by atoms with Gasteiger partial charge in [0.05, 0.1) is 26.7 Å². The zero-order valence-electron chi connectivity index (χ0n) is 11.4. The van der Waals surface area contributed by atoms with E-state index < -0.39 is 24.1 Å². The summed E-state index contributed by atoms with van der Waals surface area (Å²) in [6.45, 7) is 0. The van der Waals surface area contributed by atoms with Crippen molar-refractivity contribution in [2.24, 2.45) is 0 Å². The standard InChI is InChI=1S/C14H12O5/c1-17-13(15)9-10(14(16)18-2)12-8-6-4-3-5-7(8)11(9)19-12/h3-6,11-12H,1-2H3/i11D. The number of fused-ring (bicyclic) bond motifs is 5. The molecule has 0 aromatic heterocycles. The molecule has 98 valence electrons. The van der Waals surface area contributed by atoms with E-state index in [2.05, 4.69) is 4.74 Å².